The molecule has 0 aliphatic rings. The minimum atomic E-state index is -5.07. The van der Waals surface area contributed by atoms with Crippen LogP contribution in [0, 0.1) is 18.6 Å². The number of amides is 2. The van der Waals surface area contributed by atoms with E-state index in [1.54, 1.807) is 0 Å². The largest absolute Gasteiger partial charge is 0.496 e. The summed E-state index contributed by atoms with van der Waals surface area (Å²) in [6, 6.07) is 6.31. The molecule has 42 heavy (non-hydrogen) atoms. The topological polar surface area (TPSA) is 67.4 Å². The van der Waals surface area contributed by atoms with Gasteiger partial charge >= 0.3 is 12.4 Å². The van der Waals surface area contributed by atoms with Crippen molar-refractivity contribution in [2.45, 2.75) is 33.1 Å². The van der Waals surface area contributed by atoms with Crippen molar-refractivity contribution in [3.8, 4) is 5.75 Å². The van der Waals surface area contributed by atoms with Crippen LogP contribution in [0.25, 0.3) is 10.1 Å². The average molecular weight is 619 g/mol. The molecule has 2 N–H and O–H groups in total. The molecule has 0 saturated heterocycles. The second-order valence-electron chi connectivity index (χ2n) is 8.42. The van der Waals surface area contributed by atoms with Gasteiger partial charge in [-0.25, -0.2) is 8.78 Å². The minimum absolute atomic E-state index is 0.0180. The minimum Gasteiger partial charge on any atom is -0.496 e. The molecule has 14 heteroatoms. The van der Waals surface area contributed by atoms with E-state index in [0.29, 0.717) is 23.5 Å². The van der Waals surface area contributed by atoms with Crippen molar-refractivity contribution < 1.29 is 49.4 Å². The summed E-state index contributed by atoms with van der Waals surface area (Å²) in [5.41, 5.74) is -3.49. The van der Waals surface area contributed by atoms with Crippen LogP contribution in [0.5, 0.6) is 5.75 Å². The van der Waals surface area contributed by atoms with Gasteiger partial charge in [-0.05, 0) is 48.9 Å². The predicted molar refractivity (Wildman–Crippen MR) is 143 cm³/mol. The Balaban J connectivity index is 0.00000237. The van der Waals surface area contributed by atoms with E-state index >= 15 is 0 Å². The Bertz CT molecular complexity index is 1650. The van der Waals surface area contributed by atoms with Crippen LogP contribution in [0.15, 0.2) is 48.5 Å². The number of nitrogens with one attached hydrogen (secondary N) is 2. The lowest BCUT2D eigenvalue weighted by atomic mass is 10.1. The SMILES string of the molecule is CC.COc1cc(F)c(C)cc1C(=O)Nc1c(C(=O)Nc2ccc(F)c(C(F)(F)F)c2)sc2cc(C(F)(F)F)ccc12. The van der Waals surface area contributed by atoms with Crippen LogP contribution in [0.3, 0.4) is 0 Å². The van der Waals surface area contributed by atoms with E-state index in [1.165, 1.54) is 14.0 Å². The number of carbonyl (C=O) groups excluding carboxylic acids is 2. The van der Waals surface area contributed by atoms with Crippen LogP contribution in [-0.4, -0.2) is 18.9 Å². The van der Waals surface area contributed by atoms with Crippen molar-refractivity contribution in [3.05, 3.63) is 87.3 Å². The molecule has 0 unspecified atom stereocenters. The number of thiophene rings is 1. The van der Waals surface area contributed by atoms with E-state index < -0.39 is 52.6 Å². The molecule has 1 heterocycles. The highest BCUT2D eigenvalue weighted by Gasteiger charge is 2.35. The molecule has 2 amide bonds. The number of fused-ring (bicyclic) bond motifs is 1. The Morgan fingerprint density at radius 3 is 2.07 bits per heavy atom. The molecule has 0 saturated carbocycles. The van der Waals surface area contributed by atoms with E-state index in [9.17, 15) is 44.7 Å². The molecule has 0 radical (unpaired) electrons. The monoisotopic (exact) mass is 618 g/mol. The Morgan fingerprint density at radius 2 is 1.48 bits per heavy atom. The zero-order chi connectivity index (χ0) is 31.6. The summed E-state index contributed by atoms with van der Waals surface area (Å²) in [6.07, 6.45) is -9.80. The van der Waals surface area contributed by atoms with E-state index in [1.807, 2.05) is 13.8 Å². The highest BCUT2D eigenvalue weighted by molar-refractivity contribution is 7.21. The summed E-state index contributed by atoms with van der Waals surface area (Å²) in [4.78, 5) is 25.9. The van der Waals surface area contributed by atoms with Gasteiger partial charge in [-0.15, -0.1) is 11.3 Å². The van der Waals surface area contributed by atoms with E-state index in [2.05, 4.69) is 10.6 Å². The third kappa shape index (κ3) is 6.81. The Kier molecular flexibility index (Phi) is 9.50. The summed E-state index contributed by atoms with van der Waals surface area (Å²) >= 11 is 0.533. The first-order valence-corrected chi connectivity index (χ1v) is 12.9. The molecule has 5 nitrogen and oxygen atoms in total. The summed E-state index contributed by atoms with van der Waals surface area (Å²) in [5, 5.41) is 4.60. The molecule has 1 aromatic heterocycles. The van der Waals surface area contributed by atoms with Gasteiger partial charge in [0.15, 0.2) is 0 Å². The Labute approximate surface area is 238 Å². The van der Waals surface area contributed by atoms with Gasteiger partial charge in [0.2, 0.25) is 0 Å². The zero-order valence-electron chi connectivity index (χ0n) is 22.3. The van der Waals surface area contributed by atoms with Gasteiger partial charge in [0, 0.05) is 21.8 Å². The van der Waals surface area contributed by atoms with Crippen molar-refractivity contribution in [2.75, 3.05) is 17.7 Å². The summed E-state index contributed by atoms with van der Waals surface area (Å²) in [7, 11) is 1.18. The van der Waals surface area contributed by atoms with Crippen molar-refractivity contribution in [1.29, 1.82) is 0 Å². The highest BCUT2D eigenvalue weighted by Crippen LogP contribution is 2.41. The predicted octanol–water partition coefficient (Wildman–Crippen LogP) is 9.06. The first kappa shape index (κ1) is 32.3. The number of halogens is 8. The fourth-order valence-electron chi connectivity index (χ4n) is 3.76. The van der Waals surface area contributed by atoms with Crippen LogP contribution >= 0.6 is 11.3 Å². The van der Waals surface area contributed by atoms with Crippen molar-refractivity contribution in [3.63, 3.8) is 0 Å². The number of rotatable bonds is 5. The molecule has 3 aromatic carbocycles. The zero-order valence-corrected chi connectivity index (χ0v) is 23.1. The van der Waals surface area contributed by atoms with Gasteiger partial charge in [-0.1, -0.05) is 19.9 Å². The maximum Gasteiger partial charge on any atom is 0.419 e. The lowest BCUT2D eigenvalue weighted by Gasteiger charge is -2.13. The number of carbonyl (C=O) groups is 2. The van der Waals surface area contributed by atoms with Crippen LogP contribution in [0.2, 0.25) is 0 Å². The number of anilines is 2. The molecule has 224 valence electrons. The molecule has 0 aliphatic carbocycles. The van der Waals surface area contributed by atoms with Gasteiger partial charge in [-0.3, -0.25) is 9.59 Å². The standard InChI is InChI=1S/C26H16F8N2O3S.C2H6/c1-11-7-15(19(39-2)10-18(11)28)23(37)36-21-14-5-3-12(25(29,30)31)8-20(14)40-22(21)24(38)35-13-4-6-17(27)16(9-13)26(32,33)34;1-2/h3-10H,1-2H3,(H,35,38)(H,36,37);1-2H3. The lowest BCUT2D eigenvalue weighted by molar-refractivity contribution is -0.140. The van der Waals surface area contributed by atoms with Crippen LogP contribution in [0.1, 0.15) is 50.6 Å². The van der Waals surface area contributed by atoms with E-state index in [4.69, 9.17) is 4.74 Å². The maximum atomic E-state index is 14.0. The smallest absolute Gasteiger partial charge is 0.419 e. The molecule has 4 rings (SSSR count). The normalized spacial score (nSPS) is 11.5. The molecule has 0 spiro atoms. The van der Waals surface area contributed by atoms with Gasteiger partial charge < -0.3 is 15.4 Å². The Morgan fingerprint density at radius 1 is 0.810 bits per heavy atom. The van der Waals surface area contributed by atoms with Gasteiger partial charge in [0.25, 0.3) is 11.8 Å². The molecule has 0 aliphatic heterocycles. The van der Waals surface area contributed by atoms with Crippen molar-refractivity contribution >= 4 is 44.6 Å². The molecule has 4 aromatic rings. The molecular weight excluding hydrogens is 596 g/mol. The van der Waals surface area contributed by atoms with Gasteiger partial charge in [0.1, 0.15) is 22.3 Å². The molecule has 0 atom stereocenters. The number of alkyl halides is 6. The maximum absolute atomic E-state index is 14.0. The number of hydrogen-bond acceptors (Lipinski definition) is 4. The van der Waals surface area contributed by atoms with Crippen molar-refractivity contribution in [2.24, 2.45) is 0 Å². The number of methoxy groups -OCH3 is 1. The van der Waals surface area contributed by atoms with E-state index in [0.717, 1.165) is 36.4 Å². The third-order valence-corrected chi connectivity index (χ3v) is 6.87. The summed E-state index contributed by atoms with van der Waals surface area (Å²) in [6.45, 7) is 5.38. The van der Waals surface area contributed by atoms with Crippen LogP contribution in [-0.2, 0) is 12.4 Å². The third-order valence-electron chi connectivity index (χ3n) is 5.72. The van der Waals surface area contributed by atoms with Gasteiger partial charge in [-0.2, -0.15) is 26.3 Å². The number of aryl methyl sites for hydroxylation is 1. The first-order valence-electron chi connectivity index (χ1n) is 12.1. The fourth-order valence-corrected chi connectivity index (χ4v) is 4.85. The van der Waals surface area contributed by atoms with Gasteiger partial charge in [0.05, 0.1) is 29.5 Å². The molecule has 0 fully saturated rings. The summed E-state index contributed by atoms with van der Waals surface area (Å²) in [5.74, 6) is -4.42. The second kappa shape index (κ2) is 12.3. The van der Waals surface area contributed by atoms with Crippen molar-refractivity contribution in [1.82, 2.24) is 0 Å². The molecular formula is C28H22F8N2O3S. The molecule has 0 bridgehead atoms. The highest BCUT2D eigenvalue weighted by atomic mass is 32.1. The van der Waals surface area contributed by atoms with E-state index in [-0.39, 0.29) is 37.5 Å². The van der Waals surface area contributed by atoms with Crippen LogP contribution in [0.4, 0.5) is 46.5 Å². The lowest BCUT2D eigenvalue weighted by Crippen LogP contribution is -2.18. The average Bonchev–Trinajstić information content (AvgIpc) is 3.28. The number of benzene rings is 3. The number of hydrogen-bond donors (Lipinski definition) is 2. The summed E-state index contributed by atoms with van der Waals surface area (Å²) < 4.78 is 112. The quantitative estimate of drug-likeness (QED) is 0.219. The first-order chi connectivity index (χ1) is 19.6. The second-order valence-corrected chi connectivity index (χ2v) is 9.47. The Hall–Kier alpha value is -4.20. The van der Waals surface area contributed by atoms with Crippen LogP contribution < -0.4 is 15.4 Å². The fraction of sp³-hybridized carbons (Fsp3) is 0.214. The number of ether oxygens (including phenoxy) is 1.